The van der Waals surface area contributed by atoms with Crippen molar-refractivity contribution in [2.45, 2.75) is 50.6 Å². The van der Waals surface area contributed by atoms with Gasteiger partial charge in [-0.25, -0.2) is 9.18 Å². The van der Waals surface area contributed by atoms with Crippen LogP contribution in [0.4, 0.5) is 9.18 Å². The molecule has 23 heavy (non-hydrogen) atoms. The number of aliphatic hydroxyl groups excluding tert-OH is 1. The number of benzene rings is 1. The SMILES string of the molecule is O=C(NC1(C2CCCC2)CC1)N(CCO)Cc1ccccc1F. The molecule has 0 unspecified atom stereocenters. The van der Waals surface area contributed by atoms with Gasteiger partial charge in [0.05, 0.1) is 13.2 Å². The van der Waals surface area contributed by atoms with Gasteiger partial charge < -0.3 is 15.3 Å². The summed E-state index contributed by atoms with van der Waals surface area (Å²) in [5.74, 6) is 0.260. The van der Waals surface area contributed by atoms with Crippen molar-refractivity contribution in [3.05, 3.63) is 35.6 Å². The summed E-state index contributed by atoms with van der Waals surface area (Å²) >= 11 is 0. The second-order valence-corrected chi connectivity index (χ2v) is 6.80. The Morgan fingerprint density at radius 2 is 2.00 bits per heavy atom. The first-order valence-corrected chi connectivity index (χ1v) is 8.56. The van der Waals surface area contributed by atoms with Crippen molar-refractivity contribution in [1.29, 1.82) is 0 Å². The van der Waals surface area contributed by atoms with Gasteiger partial charge in [-0.3, -0.25) is 0 Å². The lowest BCUT2D eigenvalue weighted by Crippen LogP contribution is -2.49. The first kappa shape index (κ1) is 16.2. The summed E-state index contributed by atoms with van der Waals surface area (Å²) in [5.41, 5.74) is 0.429. The van der Waals surface area contributed by atoms with Gasteiger partial charge in [-0.2, -0.15) is 0 Å². The molecule has 2 fully saturated rings. The van der Waals surface area contributed by atoms with Crippen molar-refractivity contribution in [3.63, 3.8) is 0 Å². The molecule has 0 bridgehead atoms. The number of rotatable bonds is 6. The fourth-order valence-corrected chi connectivity index (χ4v) is 3.75. The number of nitrogens with zero attached hydrogens (tertiary/aromatic N) is 1. The van der Waals surface area contributed by atoms with Crippen LogP contribution in [0.15, 0.2) is 24.3 Å². The van der Waals surface area contributed by atoms with Crippen LogP contribution in [-0.4, -0.2) is 34.7 Å². The van der Waals surface area contributed by atoms with E-state index < -0.39 is 0 Å². The maximum Gasteiger partial charge on any atom is 0.318 e. The highest BCUT2D eigenvalue weighted by Crippen LogP contribution is 2.49. The number of carbonyl (C=O) groups excluding carboxylic acids is 1. The van der Waals surface area contributed by atoms with Crippen molar-refractivity contribution < 1.29 is 14.3 Å². The lowest BCUT2D eigenvalue weighted by Gasteiger charge is -2.29. The summed E-state index contributed by atoms with van der Waals surface area (Å²) in [6.45, 7) is 0.263. The number of amides is 2. The van der Waals surface area contributed by atoms with E-state index >= 15 is 0 Å². The van der Waals surface area contributed by atoms with E-state index in [0.29, 0.717) is 11.5 Å². The van der Waals surface area contributed by atoms with E-state index in [9.17, 15) is 14.3 Å². The Morgan fingerprint density at radius 3 is 2.61 bits per heavy atom. The summed E-state index contributed by atoms with van der Waals surface area (Å²) in [6.07, 6.45) is 6.95. The summed E-state index contributed by atoms with van der Waals surface area (Å²) in [5, 5.41) is 12.4. The Kier molecular flexibility index (Phi) is 4.85. The van der Waals surface area contributed by atoms with Gasteiger partial charge in [-0.1, -0.05) is 31.0 Å². The molecule has 2 aliphatic carbocycles. The Balaban J connectivity index is 1.66. The van der Waals surface area contributed by atoms with Crippen LogP contribution in [0.1, 0.15) is 44.1 Å². The maximum atomic E-state index is 13.8. The standard InChI is InChI=1S/C18H25FN2O2/c19-16-8-4-1-5-14(16)13-21(11-12-22)17(23)20-18(9-10-18)15-6-2-3-7-15/h1,4-5,8,15,22H,2-3,6-7,9-13H2,(H,20,23). The van der Waals surface area contributed by atoms with E-state index in [4.69, 9.17) is 0 Å². The van der Waals surface area contributed by atoms with Crippen molar-refractivity contribution in [1.82, 2.24) is 10.2 Å². The molecule has 0 atom stereocenters. The number of carbonyl (C=O) groups is 1. The molecule has 4 nitrogen and oxygen atoms in total. The zero-order chi connectivity index (χ0) is 16.3. The van der Waals surface area contributed by atoms with Crippen molar-refractivity contribution in [2.24, 2.45) is 5.92 Å². The summed E-state index contributed by atoms with van der Waals surface area (Å²) in [6, 6.07) is 6.28. The monoisotopic (exact) mass is 320 g/mol. The number of nitrogens with one attached hydrogen (secondary N) is 1. The third kappa shape index (κ3) is 3.66. The number of urea groups is 1. The Morgan fingerprint density at radius 1 is 1.30 bits per heavy atom. The molecule has 0 aliphatic heterocycles. The van der Waals surface area contributed by atoms with Gasteiger partial charge in [0, 0.05) is 17.6 Å². The van der Waals surface area contributed by atoms with Gasteiger partial charge in [-0.05, 0) is 37.7 Å². The topological polar surface area (TPSA) is 52.6 Å². The van der Waals surface area contributed by atoms with Gasteiger partial charge in [0.1, 0.15) is 5.82 Å². The zero-order valence-electron chi connectivity index (χ0n) is 13.4. The average Bonchev–Trinajstić information content (AvgIpc) is 3.11. The predicted octanol–water partition coefficient (Wildman–Crippen LogP) is 3.05. The van der Waals surface area contributed by atoms with Gasteiger partial charge in [0.15, 0.2) is 0 Å². The van der Waals surface area contributed by atoms with E-state index in [2.05, 4.69) is 5.32 Å². The Hall–Kier alpha value is -1.62. The molecule has 3 rings (SSSR count). The van der Waals surface area contributed by atoms with E-state index in [1.54, 1.807) is 18.2 Å². The molecule has 2 N–H and O–H groups in total. The van der Waals surface area contributed by atoms with E-state index in [0.717, 1.165) is 12.8 Å². The first-order chi connectivity index (χ1) is 11.1. The molecule has 1 aromatic carbocycles. The van der Waals surface area contributed by atoms with Crippen LogP contribution >= 0.6 is 0 Å². The highest BCUT2D eigenvalue weighted by atomic mass is 19.1. The van der Waals surface area contributed by atoms with Crippen LogP contribution in [0, 0.1) is 11.7 Å². The van der Waals surface area contributed by atoms with Gasteiger partial charge in [0.25, 0.3) is 0 Å². The fraction of sp³-hybridized carbons (Fsp3) is 0.611. The lowest BCUT2D eigenvalue weighted by atomic mass is 9.96. The molecule has 0 heterocycles. The number of aliphatic hydroxyl groups is 1. The summed E-state index contributed by atoms with van der Waals surface area (Å²) in [7, 11) is 0. The smallest absolute Gasteiger partial charge is 0.318 e. The highest BCUT2D eigenvalue weighted by molar-refractivity contribution is 5.75. The van der Waals surface area contributed by atoms with Crippen LogP contribution in [0.25, 0.3) is 0 Å². The van der Waals surface area contributed by atoms with Crippen LogP contribution in [-0.2, 0) is 6.54 Å². The Bertz CT molecular complexity index is 554. The summed E-state index contributed by atoms with van der Waals surface area (Å²) in [4.78, 5) is 14.1. The van der Waals surface area contributed by atoms with Gasteiger partial charge in [-0.15, -0.1) is 0 Å². The van der Waals surface area contributed by atoms with Crippen LogP contribution in [0.5, 0.6) is 0 Å². The molecule has 126 valence electrons. The normalized spacial score (nSPS) is 19.6. The van der Waals surface area contributed by atoms with Crippen molar-refractivity contribution in [2.75, 3.05) is 13.2 Å². The number of halogens is 1. The Labute approximate surface area is 136 Å². The lowest BCUT2D eigenvalue weighted by molar-refractivity contribution is 0.164. The number of hydrogen-bond acceptors (Lipinski definition) is 2. The van der Waals surface area contributed by atoms with Gasteiger partial charge >= 0.3 is 6.03 Å². The largest absolute Gasteiger partial charge is 0.395 e. The molecule has 2 amide bonds. The minimum Gasteiger partial charge on any atom is -0.395 e. The molecule has 5 heteroatoms. The predicted molar refractivity (Wildman–Crippen MR) is 86.4 cm³/mol. The molecule has 1 aromatic rings. The maximum absolute atomic E-state index is 13.8. The highest BCUT2D eigenvalue weighted by Gasteiger charge is 2.51. The second kappa shape index (κ2) is 6.87. The van der Waals surface area contributed by atoms with Crippen LogP contribution < -0.4 is 5.32 Å². The molecular weight excluding hydrogens is 295 g/mol. The van der Waals surface area contributed by atoms with Crippen LogP contribution in [0.3, 0.4) is 0 Å². The number of hydrogen-bond donors (Lipinski definition) is 2. The first-order valence-electron chi connectivity index (χ1n) is 8.56. The van der Waals surface area contributed by atoms with E-state index in [-0.39, 0.29) is 37.1 Å². The van der Waals surface area contributed by atoms with Gasteiger partial charge in [0.2, 0.25) is 0 Å². The minimum atomic E-state index is -0.319. The fourth-order valence-electron chi connectivity index (χ4n) is 3.75. The molecule has 0 spiro atoms. The van der Waals surface area contributed by atoms with Crippen LogP contribution in [0.2, 0.25) is 0 Å². The minimum absolute atomic E-state index is 0.0451. The molecule has 2 aliphatic rings. The van der Waals surface area contributed by atoms with E-state index in [1.165, 1.54) is 36.6 Å². The quantitative estimate of drug-likeness (QED) is 0.846. The molecule has 0 saturated heterocycles. The zero-order valence-corrected chi connectivity index (χ0v) is 13.4. The molecule has 0 radical (unpaired) electrons. The third-order valence-corrected chi connectivity index (χ3v) is 5.26. The van der Waals surface area contributed by atoms with Crippen molar-refractivity contribution >= 4 is 6.03 Å². The van der Waals surface area contributed by atoms with E-state index in [1.807, 2.05) is 0 Å². The average molecular weight is 320 g/mol. The molecular formula is C18H25FN2O2. The van der Waals surface area contributed by atoms with Crippen molar-refractivity contribution in [3.8, 4) is 0 Å². The molecule has 0 aromatic heterocycles. The third-order valence-electron chi connectivity index (χ3n) is 5.26. The molecule has 2 saturated carbocycles. The second-order valence-electron chi connectivity index (χ2n) is 6.80. The summed E-state index contributed by atoms with van der Waals surface area (Å²) < 4.78 is 13.8.